The summed E-state index contributed by atoms with van der Waals surface area (Å²) in [4.78, 5) is 33.4. The van der Waals surface area contributed by atoms with Crippen LogP contribution in [0.2, 0.25) is 0 Å². The summed E-state index contributed by atoms with van der Waals surface area (Å²) in [5.41, 5.74) is 0.620. The third-order valence-corrected chi connectivity index (χ3v) is 5.71. The molecular weight excluding hydrogens is 344 g/mol. The van der Waals surface area contributed by atoms with Crippen LogP contribution in [0.1, 0.15) is 41.8 Å². The lowest BCUT2D eigenvalue weighted by atomic mass is 10.1. The molecule has 1 aromatic rings. The summed E-state index contributed by atoms with van der Waals surface area (Å²) in [6.45, 7) is 6.94. The molecule has 27 heavy (non-hydrogen) atoms. The van der Waals surface area contributed by atoms with Crippen molar-refractivity contribution in [1.82, 2.24) is 19.6 Å². The number of likely N-dealkylation sites (tertiary alicyclic amines) is 2. The predicted molar refractivity (Wildman–Crippen MR) is 104 cm³/mol. The van der Waals surface area contributed by atoms with E-state index < -0.39 is 0 Å². The van der Waals surface area contributed by atoms with Crippen LogP contribution in [0.25, 0.3) is 0 Å². The van der Waals surface area contributed by atoms with Crippen LogP contribution in [0.3, 0.4) is 0 Å². The van der Waals surface area contributed by atoms with E-state index in [1.165, 1.54) is 19.3 Å². The molecule has 150 valence electrons. The smallest absolute Gasteiger partial charge is 0.319 e. The zero-order valence-corrected chi connectivity index (χ0v) is 16.8. The van der Waals surface area contributed by atoms with Crippen molar-refractivity contribution in [2.24, 2.45) is 0 Å². The van der Waals surface area contributed by atoms with Gasteiger partial charge in [-0.15, -0.1) is 0 Å². The summed E-state index contributed by atoms with van der Waals surface area (Å²) in [5, 5.41) is 0. The minimum absolute atomic E-state index is 0.00275. The Morgan fingerprint density at radius 3 is 2.56 bits per heavy atom. The second kappa shape index (κ2) is 8.78. The molecule has 0 radical (unpaired) electrons. The largest absolute Gasteiger partial charge is 0.469 e. The van der Waals surface area contributed by atoms with Gasteiger partial charge in [0.25, 0.3) is 5.91 Å². The van der Waals surface area contributed by atoms with Gasteiger partial charge in [-0.1, -0.05) is 6.42 Å². The van der Waals surface area contributed by atoms with Crippen molar-refractivity contribution in [3.05, 3.63) is 23.7 Å². The molecule has 7 nitrogen and oxygen atoms in total. The van der Waals surface area contributed by atoms with Crippen molar-refractivity contribution in [3.8, 4) is 0 Å². The first-order valence-corrected chi connectivity index (χ1v) is 10.0. The Balaban J connectivity index is 1.63. The first-order valence-electron chi connectivity index (χ1n) is 10.0. The molecule has 7 heteroatoms. The molecule has 2 aliphatic rings. The van der Waals surface area contributed by atoms with E-state index in [2.05, 4.69) is 4.90 Å². The number of aryl methyl sites for hydroxylation is 1. The van der Waals surface area contributed by atoms with E-state index in [1.54, 1.807) is 38.2 Å². The Kier molecular flexibility index (Phi) is 6.42. The summed E-state index contributed by atoms with van der Waals surface area (Å²) >= 11 is 0. The quantitative estimate of drug-likeness (QED) is 0.791. The Bertz CT molecular complexity index is 651. The van der Waals surface area contributed by atoms with Crippen molar-refractivity contribution < 1.29 is 14.0 Å². The molecule has 3 rings (SSSR count). The molecule has 1 atom stereocenters. The molecule has 2 fully saturated rings. The van der Waals surface area contributed by atoms with Crippen LogP contribution in [-0.2, 0) is 0 Å². The molecular formula is C20H32N4O3. The average molecular weight is 377 g/mol. The third kappa shape index (κ3) is 4.64. The zero-order valence-electron chi connectivity index (χ0n) is 16.8. The molecule has 1 unspecified atom stereocenters. The van der Waals surface area contributed by atoms with Gasteiger partial charge in [0.2, 0.25) is 0 Å². The molecule has 0 bridgehead atoms. The van der Waals surface area contributed by atoms with E-state index >= 15 is 0 Å². The highest BCUT2D eigenvalue weighted by Gasteiger charge is 2.34. The number of carbonyl (C=O) groups is 2. The lowest BCUT2D eigenvalue weighted by Crippen LogP contribution is -2.50. The van der Waals surface area contributed by atoms with Gasteiger partial charge in [0, 0.05) is 40.3 Å². The molecule has 0 spiro atoms. The number of amides is 3. The van der Waals surface area contributed by atoms with E-state index in [0.717, 1.165) is 26.1 Å². The highest BCUT2D eigenvalue weighted by Crippen LogP contribution is 2.21. The molecule has 2 aliphatic heterocycles. The summed E-state index contributed by atoms with van der Waals surface area (Å²) in [7, 11) is 3.59. The van der Waals surface area contributed by atoms with Crippen molar-refractivity contribution in [2.75, 3.05) is 53.4 Å². The topological polar surface area (TPSA) is 60.2 Å². The van der Waals surface area contributed by atoms with E-state index in [9.17, 15) is 9.59 Å². The predicted octanol–water partition coefficient (Wildman–Crippen LogP) is 2.27. The molecule has 3 heterocycles. The van der Waals surface area contributed by atoms with E-state index in [0.29, 0.717) is 31.0 Å². The van der Waals surface area contributed by atoms with Crippen molar-refractivity contribution >= 4 is 11.9 Å². The number of rotatable bonds is 5. The lowest BCUT2D eigenvalue weighted by Gasteiger charge is -2.34. The fourth-order valence-electron chi connectivity index (χ4n) is 4.08. The number of urea groups is 1. The first kappa shape index (κ1) is 19.7. The normalized spacial score (nSPS) is 20.7. The van der Waals surface area contributed by atoms with Gasteiger partial charge >= 0.3 is 6.03 Å². The number of carbonyl (C=O) groups excluding carboxylic acids is 2. The second-order valence-electron chi connectivity index (χ2n) is 7.86. The summed E-state index contributed by atoms with van der Waals surface area (Å²) in [6.07, 6.45) is 6.18. The Morgan fingerprint density at radius 1 is 1.19 bits per heavy atom. The third-order valence-electron chi connectivity index (χ3n) is 5.71. The van der Waals surface area contributed by atoms with Gasteiger partial charge in [-0.25, -0.2) is 4.79 Å². The van der Waals surface area contributed by atoms with Gasteiger partial charge in [0.1, 0.15) is 5.76 Å². The maximum Gasteiger partial charge on any atom is 0.319 e. The van der Waals surface area contributed by atoms with Crippen LogP contribution < -0.4 is 0 Å². The molecule has 0 aromatic carbocycles. The zero-order chi connectivity index (χ0) is 19.4. The fraction of sp³-hybridized carbons (Fsp3) is 0.700. The maximum atomic E-state index is 12.8. The number of hydrogen-bond acceptors (Lipinski definition) is 4. The Morgan fingerprint density at radius 2 is 1.93 bits per heavy atom. The second-order valence-corrected chi connectivity index (χ2v) is 7.86. The van der Waals surface area contributed by atoms with E-state index in [-0.39, 0.29) is 18.0 Å². The number of piperidine rings is 1. The van der Waals surface area contributed by atoms with Crippen molar-refractivity contribution in [1.29, 1.82) is 0 Å². The summed E-state index contributed by atoms with van der Waals surface area (Å²) < 4.78 is 5.27. The molecule has 3 amide bonds. The summed E-state index contributed by atoms with van der Waals surface area (Å²) in [6, 6.07) is 1.83. The Labute approximate surface area is 161 Å². The lowest BCUT2D eigenvalue weighted by molar-refractivity contribution is 0.0772. The van der Waals surface area contributed by atoms with Crippen molar-refractivity contribution in [2.45, 2.75) is 38.6 Å². The fourth-order valence-corrected chi connectivity index (χ4v) is 4.08. The molecule has 1 aromatic heterocycles. The highest BCUT2D eigenvalue weighted by molar-refractivity contribution is 5.95. The number of furan rings is 1. The first-order chi connectivity index (χ1) is 13.0. The molecule has 0 N–H and O–H groups in total. The standard InChI is InChI=1S/C20H32N4O3/c1-16-18(8-14-27-16)19(25)23-11-7-17(15-23)24(20(26)21(2)3)13-12-22-9-5-4-6-10-22/h8,14,17H,4-7,9-13,15H2,1-3H3. The van der Waals surface area contributed by atoms with Crippen LogP contribution in [0.15, 0.2) is 16.7 Å². The maximum absolute atomic E-state index is 12.8. The van der Waals surface area contributed by atoms with E-state index in [4.69, 9.17) is 4.42 Å². The van der Waals surface area contributed by atoms with Crippen LogP contribution >= 0.6 is 0 Å². The van der Waals surface area contributed by atoms with Crippen LogP contribution in [-0.4, -0.2) is 90.9 Å². The van der Waals surface area contributed by atoms with Gasteiger partial charge in [0.15, 0.2) is 0 Å². The molecule has 0 saturated carbocycles. The summed E-state index contributed by atoms with van der Waals surface area (Å²) in [5.74, 6) is 0.645. The van der Waals surface area contributed by atoms with Crippen LogP contribution in [0.5, 0.6) is 0 Å². The van der Waals surface area contributed by atoms with Gasteiger partial charge in [-0.3, -0.25) is 4.79 Å². The minimum Gasteiger partial charge on any atom is -0.469 e. The number of nitrogens with zero attached hydrogens (tertiary/aromatic N) is 4. The highest BCUT2D eigenvalue weighted by atomic mass is 16.3. The van der Waals surface area contributed by atoms with Gasteiger partial charge < -0.3 is 24.0 Å². The van der Waals surface area contributed by atoms with Gasteiger partial charge in [0.05, 0.1) is 17.9 Å². The monoisotopic (exact) mass is 376 g/mol. The number of hydrogen-bond donors (Lipinski definition) is 0. The van der Waals surface area contributed by atoms with Crippen LogP contribution in [0.4, 0.5) is 4.79 Å². The molecule has 0 aliphatic carbocycles. The SMILES string of the molecule is Cc1occc1C(=O)N1CCC(N(CCN2CCCCC2)C(=O)N(C)C)C1. The average Bonchev–Trinajstić information content (AvgIpc) is 3.31. The Hall–Kier alpha value is -2.02. The van der Waals surface area contributed by atoms with Gasteiger partial charge in [-0.05, 0) is 45.3 Å². The van der Waals surface area contributed by atoms with Gasteiger partial charge in [-0.2, -0.15) is 0 Å². The van der Waals surface area contributed by atoms with Crippen molar-refractivity contribution in [3.63, 3.8) is 0 Å². The minimum atomic E-state index is -0.00275. The van der Waals surface area contributed by atoms with E-state index in [1.807, 2.05) is 9.80 Å². The van der Waals surface area contributed by atoms with Crippen LogP contribution in [0, 0.1) is 6.92 Å². The molecule has 2 saturated heterocycles.